The lowest BCUT2D eigenvalue weighted by atomic mass is 9.99. The van der Waals surface area contributed by atoms with Gasteiger partial charge in [-0.1, -0.05) is 0 Å². The highest BCUT2D eigenvalue weighted by molar-refractivity contribution is 4.89. The minimum Gasteiger partial charge on any atom is -0.394 e. The van der Waals surface area contributed by atoms with E-state index in [4.69, 9.17) is 19.7 Å². The molecule has 13 heavy (non-hydrogen) atoms. The Bertz CT molecular complexity index is 161. The Morgan fingerprint density at radius 3 is 2.31 bits per heavy atom. The molecule has 1 aliphatic rings. The molecule has 1 rings (SSSR count). The average Bonchev–Trinajstić information content (AvgIpc) is 2.13. The topological polar surface area (TPSA) is 99.4 Å². The molecule has 0 radical (unpaired) electrons. The van der Waals surface area contributed by atoms with E-state index in [-0.39, 0.29) is 6.61 Å². The predicted molar refractivity (Wildman–Crippen MR) is 40.8 cm³/mol. The molecule has 6 heteroatoms. The zero-order valence-corrected chi connectivity index (χ0v) is 7.20. The maximum absolute atomic E-state index is 9.38. The summed E-state index contributed by atoms with van der Waals surface area (Å²) in [6, 6.07) is 0. The van der Waals surface area contributed by atoms with Crippen molar-refractivity contribution in [2.24, 2.45) is 0 Å². The summed E-state index contributed by atoms with van der Waals surface area (Å²) in [6.45, 7) is -0.390. The van der Waals surface area contributed by atoms with Gasteiger partial charge in [0.15, 0.2) is 6.29 Å². The number of ether oxygens (including phenoxy) is 2. The van der Waals surface area contributed by atoms with Gasteiger partial charge in [0.1, 0.15) is 24.4 Å². The Kier molecular flexibility index (Phi) is 3.60. The van der Waals surface area contributed by atoms with E-state index in [9.17, 15) is 10.2 Å². The van der Waals surface area contributed by atoms with Gasteiger partial charge in [-0.15, -0.1) is 0 Å². The molecule has 0 aromatic heterocycles. The summed E-state index contributed by atoms with van der Waals surface area (Å²) in [6.07, 6.45) is -5.81. The van der Waals surface area contributed by atoms with Crippen molar-refractivity contribution in [1.29, 1.82) is 0 Å². The molecule has 1 aliphatic heterocycles. The summed E-state index contributed by atoms with van der Waals surface area (Å²) in [5.41, 5.74) is 0. The molecule has 1 heterocycles. The van der Waals surface area contributed by atoms with E-state index in [0.29, 0.717) is 0 Å². The van der Waals surface area contributed by atoms with Crippen molar-refractivity contribution in [2.45, 2.75) is 30.7 Å². The molecule has 0 aliphatic carbocycles. The Balaban J connectivity index is 2.69. The van der Waals surface area contributed by atoms with Crippen LogP contribution in [-0.4, -0.2) is 64.8 Å². The number of rotatable bonds is 2. The van der Waals surface area contributed by atoms with Gasteiger partial charge in [0.25, 0.3) is 0 Å². The first-order chi connectivity index (χ1) is 6.11. The minimum atomic E-state index is -1.49. The number of hydrogen-bond acceptors (Lipinski definition) is 6. The maximum atomic E-state index is 9.38. The van der Waals surface area contributed by atoms with Gasteiger partial charge in [0, 0.05) is 7.11 Å². The molecular weight excluding hydrogens is 180 g/mol. The molecule has 5 atom stereocenters. The maximum Gasteiger partial charge on any atom is 0.184 e. The lowest BCUT2D eigenvalue weighted by Gasteiger charge is -2.39. The summed E-state index contributed by atoms with van der Waals surface area (Å²) in [7, 11) is 1.32. The molecule has 0 unspecified atom stereocenters. The van der Waals surface area contributed by atoms with Crippen molar-refractivity contribution in [3.8, 4) is 0 Å². The van der Waals surface area contributed by atoms with Crippen LogP contribution in [0.15, 0.2) is 0 Å². The molecule has 0 aromatic carbocycles. The Morgan fingerprint density at radius 1 is 1.23 bits per heavy atom. The fraction of sp³-hybridized carbons (Fsp3) is 1.00. The van der Waals surface area contributed by atoms with Gasteiger partial charge < -0.3 is 29.9 Å². The van der Waals surface area contributed by atoms with E-state index in [0.717, 1.165) is 0 Å². The first-order valence-corrected chi connectivity index (χ1v) is 3.95. The highest BCUT2D eigenvalue weighted by Crippen LogP contribution is 2.21. The van der Waals surface area contributed by atoms with Crippen LogP contribution in [-0.2, 0) is 9.47 Å². The Hall–Kier alpha value is -0.240. The Morgan fingerprint density at radius 2 is 1.85 bits per heavy atom. The number of hydrogen-bond donors (Lipinski definition) is 4. The van der Waals surface area contributed by atoms with Crippen molar-refractivity contribution >= 4 is 0 Å². The van der Waals surface area contributed by atoms with Crippen molar-refractivity contribution in [3.63, 3.8) is 0 Å². The van der Waals surface area contributed by atoms with Crippen LogP contribution >= 0.6 is 0 Å². The lowest BCUT2D eigenvalue weighted by Crippen LogP contribution is -2.59. The van der Waals surface area contributed by atoms with Crippen molar-refractivity contribution in [1.82, 2.24) is 0 Å². The fourth-order valence-corrected chi connectivity index (χ4v) is 1.36. The first-order valence-electron chi connectivity index (χ1n) is 3.95. The van der Waals surface area contributed by atoms with Crippen LogP contribution in [0.1, 0.15) is 0 Å². The molecule has 0 aromatic rings. The Labute approximate surface area is 75.3 Å². The molecule has 6 nitrogen and oxygen atoms in total. The fourth-order valence-electron chi connectivity index (χ4n) is 1.36. The molecular formula is C7H14O6. The molecule has 1 saturated heterocycles. The zero-order valence-electron chi connectivity index (χ0n) is 7.20. The largest absolute Gasteiger partial charge is 0.394 e. The third-order valence-corrected chi connectivity index (χ3v) is 2.11. The van der Waals surface area contributed by atoms with Crippen LogP contribution < -0.4 is 0 Å². The van der Waals surface area contributed by atoms with Crippen molar-refractivity contribution < 1.29 is 29.9 Å². The molecule has 0 amide bonds. The second-order valence-electron chi connectivity index (χ2n) is 2.93. The van der Waals surface area contributed by atoms with Crippen LogP contribution in [0.3, 0.4) is 0 Å². The second kappa shape index (κ2) is 4.32. The third-order valence-electron chi connectivity index (χ3n) is 2.11. The summed E-state index contributed by atoms with van der Waals surface area (Å²) >= 11 is 0. The van der Waals surface area contributed by atoms with Gasteiger partial charge in [0.2, 0.25) is 0 Å². The van der Waals surface area contributed by atoms with Crippen LogP contribution in [0.4, 0.5) is 0 Å². The zero-order chi connectivity index (χ0) is 10.0. The van der Waals surface area contributed by atoms with Gasteiger partial charge in [-0.2, -0.15) is 0 Å². The van der Waals surface area contributed by atoms with Gasteiger partial charge in [0.05, 0.1) is 6.61 Å². The van der Waals surface area contributed by atoms with Crippen LogP contribution in [0.5, 0.6) is 0 Å². The standard InChI is InChI=1S/C7H14O6/c1-12-6-3(2-8)13-7(11)5(10)4(6)9/h3-11H,2H2,1H3/t3-,4+,5-,6-,7+/m1/s1. The summed E-state index contributed by atoms with van der Waals surface area (Å²) in [5, 5.41) is 36.4. The molecule has 0 spiro atoms. The van der Waals surface area contributed by atoms with Gasteiger partial charge in [-0.3, -0.25) is 0 Å². The normalized spacial score (nSPS) is 46.4. The van der Waals surface area contributed by atoms with Gasteiger partial charge in [-0.25, -0.2) is 0 Å². The predicted octanol–water partition coefficient (Wildman–Crippen LogP) is -2.57. The minimum absolute atomic E-state index is 0.390. The van der Waals surface area contributed by atoms with Crippen LogP contribution in [0.2, 0.25) is 0 Å². The van der Waals surface area contributed by atoms with E-state index in [2.05, 4.69) is 0 Å². The highest BCUT2D eigenvalue weighted by atomic mass is 16.6. The van der Waals surface area contributed by atoms with E-state index in [1.807, 2.05) is 0 Å². The lowest BCUT2D eigenvalue weighted by molar-refractivity contribution is -0.290. The quantitative estimate of drug-likeness (QED) is 0.386. The van der Waals surface area contributed by atoms with Gasteiger partial charge in [-0.05, 0) is 0 Å². The first kappa shape index (κ1) is 10.8. The molecule has 78 valence electrons. The molecule has 1 fully saturated rings. The van der Waals surface area contributed by atoms with E-state index >= 15 is 0 Å². The number of aliphatic hydroxyl groups excluding tert-OH is 4. The van der Waals surface area contributed by atoms with Crippen molar-refractivity contribution in [2.75, 3.05) is 13.7 Å². The average molecular weight is 194 g/mol. The summed E-state index contributed by atoms with van der Waals surface area (Å²) in [5.74, 6) is 0. The van der Waals surface area contributed by atoms with Gasteiger partial charge >= 0.3 is 0 Å². The summed E-state index contributed by atoms with van der Waals surface area (Å²) in [4.78, 5) is 0. The molecule has 0 saturated carbocycles. The van der Waals surface area contributed by atoms with Crippen LogP contribution in [0.25, 0.3) is 0 Å². The number of methoxy groups -OCH3 is 1. The molecule has 4 N–H and O–H groups in total. The van der Waals surface area contributed by atoms with Crippen LogP contribution in [0, 0.1) is 0 Å². The SMILES string of the molecule is CO[C@H]1[C@@H](O)[C@@H](O)[C@@H](O)O[C@@H]1CO. The number of aliphatic hydroxyl groups is 4. The third kappa shape index (κ3) is 1.98. The van der Waals surface area contributed by atoms with Crippen molar-refractivity contribution in [3.05, 3.63) is 0 Å². The van der Waals surface area contributed by atoms with E-state index < -0.39 is 30.7 Å². The highest BCUT2D eigenvalue weighted by Gasteiger charge is 2.43. The van der Waals surface area contributed by atoms with E-state index in [1.54, 1.807) is 0 Å². The smallest absolute Gasteiger partial charge is 0.184 e. The molecule has 0 bridgehead atoms. The summed E-state index contributed by atoms with van der Waals surface area (Å²) < 4.78 is 9.61. The van der Waals surface area contributed by atoms with E-state index in [1.165, 1.54) is 7.11 Å². The second-order valence-corrected chi connectivity index (χ2v) is 2.93. The monoisotopic (exact) mass is 194 g/mol.